The summed E-state index contributed by atoms with van der Waals surface area (Å²) in [5.41, 5.74) is 5.67. The van der Waals surface area contributed by atoms with Crippen LogP contribution in [0.4, 0.5) is 0 Å². The molecule has 0 saturated carbocycles. The maximum Gasteiger partial charge on any atom is 0.144 e. The summed E-state index contributed by atoms with van der Waals surface area (Å²) in [7, 11) is 0. The normalized spacial score (nSPS) is 14.1. The van der Waals surface area contributed by atoms with Gasteiger partial charge in [0.15, 0.2) is 0 Å². The van der Waals surface area contributed by atoms with Gasteiger partial charge in [-0.05, 0) is 24.7 Å². The van der Waals surface area contributed by atoms with Crippen molar-refractivity contribution in [3.63, 3.8) is 0 Å². The molecule has 0 rings (SSSR count). The molecule has 0 bridgehead atoms. The fourth-order valence-corrected chi connectivity index (χ4v) is 1.36. The van der Waals surface area contributed by atoms with E-state index in [1.54, 1.807) is 0 Å². The summed E-state index contributed by atoms with van der Waals surface area (Å²) in [5, 5.41) is 11.7. The summed E-state index contributed by atoms with van der Waals surface area (Å²) in [6, 6.07) is 0. The van der Waals surface area contributed by atoms with Crippen molar-refractivity contribution >= 4 is 5.84 Å². The number of ether oxygens (including phenoxy) is 1. The predicted molar refractivity (Wildman–Crippen MR) is 71.3 cm³/mol. The number of hydrogen-bond acceptors (Lipinski definition) is 3. The summed E-state index contributed by atoms with van der Waals surface area (Å²) in [6.45, 7) is 12.1. The second kappa shape index (κ2) is 6.84. The van der Waals surface area contributed by atoms with Crippen molar-refractivity contribution in [2.24, 2.45) is 21.7 Å². The Labute approximate surface area is 105 Å². The van der Waals surface area contributed by atoms with Gasteiger partial charge in [-0.2, -0.15) is 0 Å². The molecule has 0 aliphatic rings. The number of amidine groups is 1. The maximum absolute atomic E-state index is 8.63. The highest BCUT2D eigenvalue weighted by molar-refractivity contribution is 5.85. The minimum Gasteiger partial charge on any atom is -0.409 e. The quantitative estimate of drug-likeness (QED) is 0.238. The van der Waals surface area contributed by atoms with E-state index in [4.69, 9.17) is 15.7 Å². The monoisotopic (exact) mass is 244 g/mol. The molecule has 17 heavy (non-hydrogen) atoms. The van der Waals surface area contributed by atoms with Crippen molar-refractivity contribution in [3.05, 3.63) is 0 Å². The first-order valence-corrected chi connectivity index (χ1v) is 6.25. The van der Waals surface area contributed by atoms with Gasteiger partial charge in [-0.3, -0.25) is 0 Å². The Morgan fingerprint density at radius 1 is 1.12 bits per heavy atom. The second-order valence-electron chi connectivity index (χ2n) is 6.40. The van der Waals surface area contributed by atoms with Crippen LogP contribution >= 0.6 is 0 Å². The number of nitrogens with two attached hydrogens (primary N) is 1. The lowest BCUT2D eigenvalue weighted by Gasteiger charge is -2.22. The highest BCUT2D eigenvalue weighted by Crippen LogP contribution is 2.22. The predicted octanol–water partition coefficient (Wildman–Crippen LogP) is 2.99. The van der Waals surface area contributed by atoms with E-state index in [1.165, 1.54) is 0 Å². The van der Waals surface area contributed by atoms with Gasteiger partial charge in [0.2, 0.25) is 0 Å². The van der Waals surface area contributed by atoms with Crippen molar-refractivity contribution in [1.82, 2.24) is 0 Å². The molecule has 0 aliphatic heterocycles. The van der Waals surface area contributed by atoms with E-state index in [0.717, 1.165) is 32.5 Å². The third-order valence-electron chi connectivity index (χ3n) is 2.89. The molecule has 0 aromatic rings. The first-order valence-electron chi connectivity index (χ1n) is 6.25. The lowest BCUT2D eigenvalue weighted by atomic mass is 9.87. The Morgan fingerprint density at radius 2 is 1.71 bits per heavy atom. The molecule has 0 aromatic carbocycles. The van der Waals surface area contributed by atoms with Gasteiger partial charge in [0.05, 0.1) is 0 Å². The lowest BCUT2D eigenvalue weighted by molar-refractivity contribution is 0.101. The molecule has 3 N–H and O–H groups in total. The topological polar surface area (TPSA) is 67.8 Å². The zero-order valence-corrected chi connectivity index (χ0v) is 11.9. The molecular formula is C13H28N2O2. The lowest BCUT2D eigenvalue weighted by Crippen LogP contribution is -2.32. The van der Waals surface area contributed by atoms with Crippen molar-refractivity contribution in [1.29, 1.82) is 0 Å². The molecule has 0 saturated heterocycles. The van der Waals surface area contributed by atoms with E-state index in [2.05, 4.69) is 25.9 Å². The first kappa shape index (κ1) is 16.2. The van der Waals surface area contributed by atoms with Crippen LogP contribution in [-0.2, 0) is 4.74 Å². The Hall–Kier alpha value is -0.770. The number of oxime groups is 1. The van der Waals surface area contributed by atoms with Crippen molar-refractivity contribution < 1.29 is 9.94 Å². The minimum atomic E-state index is -0.262. The van der Waals surface area contributed by atoms with E-state index in [0.29, 0.717) is 5.41 Å². The average molecular weight is 244 g/mol. The van der Waals surface area contributed by atoms with Crippen LogP contribution in [0, 0.1) is 10.8 Å². The van der Waals surface area contributed by atoms with Crippen LogP contribution in [0.1, 0.15) is 53.9 Å². The van der Waals surface area contributed by atoms with Gasteiger partial charge in [-0.15, -0.1) is 0 Å². The molecule has 4 nitrogen and oxygen atoms in total. The average Bonchev–Trinajstić information content (AvgIpc) is 2.20. The molecule has 0 amide bonds. The standard InChI is InChI=1S/C13H28N2O2/c1-12(2,3)8-10-17-9-6-7-13(4,5)11(14)15-16/h16H,6-10H2,1-5H3,(H2,14,15). The van der Waals surface area contributed by atoms with E-state index >= 15 is 0 Å². The van der Waals surface area contributed by atoms with E-state index in [9.17, 15) is 0 Å². The summed E-state index contributed by atoms with van der Waals surface area (Å²) in [4.78, 5) is 0. The van der Waals surface area contributed by atoms with Crippen LogP contribution in [0.5, 0.6) is 0 Å². The van der Waals surface area contributed by atoms with Crippen LogP contribution in [0.25, 0.3) is 0 Å². The molecule has 0 heterocycles. The largest absolute Gasteiger partial charge is 0.409 e. The van der Waals surface area contributed by atoms with Gasteiger partial charge in [0.25, 0.3) is 0 Å². The van der Waals surface area contributed by atoms with Gasteiger partial charge in [-0.1, -0.05) is 39.8 Å². The van der Waals surface area contributed by atoms with Crippen LogP contribution in [-0.4, -0.2) is 24.3 Å². The molecule has 0 aromatic heterocycles. The zero-order valence-electron chi connectivity index (χ0n) is 11.9. The second-order valence-corrected chi connectivity index (χ2v) is 6.40. The molecule has 0 atom stereocenters. The fourth-order valence-electron chi connectivity index (χ4n) is 1.36. The summed E-state index contributed by atoms with van der Waals surface area (Å²) >= 11 is 0. The molecule has 0 spiro atoms. The van der Waals surface area contributed by atoms with E-state index in [1.807, 2.05) is 13.8 Å². The maximum atomic E-state index is 8.63. The first-order chi connectivity index (χ1) is 7.69. The molecule has 4 heteroatoms. The number of nitrogens with zero attached hydrogens (tertiary/aromatic N) is 1. The van der Waals surface area contributed by atoms with Crippen molar-refractivity contribution in [3.8, 4) is 0 Å². The van der Waals surface area contributed by atoms with Crippen LogP contribution < -0.4 is 5.73 Å². The molecular weight excluding hydrogens is 216 g/mol. The fraction of sp³-hybridized carbons (Fsp3) is 0.923. The van der Waals surface area contributed by atoms with Gasteiger partial charge >= 0.3 is 0 Å². The highest BCUT2D eigenvalue weighted by atomic mass is 16.5. The number of hydrogen-bond donors (Lipinski definition) is 2. The molecule has 0 unspecified atom stereocenters. The van der Waals surface area contributed by atoms with Gasteiger partial charge in [0, 0.05) is 18.6 Å². The molecule has 102 valence electrons. The van der Waals surface area contributed by atoms with Crippen LogP contribution in [0.2, 0.25) is 0 Å². The summed E-state index contributed by atoms with van der Waals surface area (Å²) < 4.78 is 5.58. The Kier molecular flexibility index (Phi) is 6.53. The van der Waals surface area contributed by atoms with Gasteiger partial charge in [0.1, 0.15) is 5.84 Å². The summed E-state index contributed by atoms with van der Waals surface area (Å²) in [5.74, 6) is 0.284. The molecule has 0 radical (unpaired) electrons. The Bertz CT molecular complexity index is 242. The van der Waals surface area contributed by atoms with Gasteiger partial charge in [-0.25, -0.2) is 0 Å². The van der Waals surface area contributed by atoms with E-state index < -0.39 is 0 Å². The third-order valence-corrected chi connectivity index (χ3v) is 2.89. The zero-order chi connectivity index (χ0) is 13.5. The number of rotatable bonds is 7. The van der Waals surface area contributed by atoms with Crippen molar-refractivity contribution in [2.75, 3.05) is 13.2 Å². The third kappa shape index (κ3) is 8.02. The smallest absolute Gasteiger partial charge is 0.144 e. The van der Waals surface area contributed by atoms with Gasteiger partial charge < -0.3 is 15.7 Å². The molecule has 0 aliphatic carbocycles. The Morgan fingerprint density at radius 3 is 2.18 bits per heavy atom. The SMILES string of the molecule is CC(C)(C)CCOCCCC(C)(C)C(N)=NO. The minimum absolute atomic E-state index is 0.262. The highest BCUT2D eigenvalue weighted by Gasteiger charge is 2.22. The Balaban J connectivity index is 3.65. The van der Waals surface area contributed by atoms with Crippen LogP contribution in [0.15, 0.2) is 5.16 Å². The summed E-state index contributed by atoms with van der Waals surface area (Å²) in [6.07, 6.45) is 2.85. The molecule has 0 fully saturated rings. The van der Waals surface area contributed by atoms with E-state index in [-0.39, 0.29) is 11.3 Å². The van der Waals surface area contributed by atoms with Crippen molar-refractivity contribution in [2.45, 2.75) is 53.9 Å². The van der Waals surface area contributed by atoms with Crippen LogP contribution in [0.3, 0.4) is 0 Å².